The first-order chi connectivity index (χ1) is 7.65. The fourth-order valence-corrected chi connectivity index (χ4v) is 3.33. The van der Waals surface area contributed by atoms with E-state index in [1.54, 1.807) is 0 Å². The van der Waals surface area contributed by atoms with Crippen molar-refractivity contribution in [3.63, 3.8) is 0 Å². The van der Waals surface area contributed by atoms with Crippen molar-refractivity contribution < 1.29 is 4.74 Å². The van der Waals surface area contributed by atoms with E-state index in [1.165, 1.54) is 45.2 Å². The third-order valence-corrected chi connectivity index (χ3v) is 4.42. The van der Waals surface area contributed by atoms with E-state index in [9.17, 15) is 0 Å². The van der Waals surface area contributed by atoms with Gasteiger partial charge < -0.3 is 9.64 Å². The Morgan fingerprint density at radius 2 is 2.00 bits per heavy atom. The number of piperidine rings is 1. The summed E-state index contributed by atoms with van der Waals surface area (Å²) < 4.78 is 6.15. The first-order valence-corrected chi connectivity index (χ1v) is 7.03. The molecule has 2 nitrogen and oxygen atoms in total. The Labute approximate surface area is 100 Å². The fourth-order valence-electron chi connectivity index (χ4n) is 3.33. The van der Waals surface area contributed by atoms with Crippen LogP contribution in [-0.2, 0) is 4.74 Å². The molecule has 0 aliphatic carbocycles. The number of hydrogen-bond donors (Lipinski definition) is 0. The average molecular weight is 225 g/mol. The standard InChI is InChI=1S/C14H27NO/c1-4-5-13-10-14(16-11-13)6-8-15(9-7-14)12(2)3/h12-13H,4-11H2,1-3H3. The number of rotatable bonds is 3. The predicted octanol–water partition coefficient (Wildman–Crippen LogP) is 3.07. The number of ether oxygens (including phenoxy) is 1. The van der Waals surface area contributed by atoms with E-state index in [1.807, 2.05) is 0 Å². The van der Waals surface area contributed by atoms with Crippen molar-refractivity contribution in [2.45, 2.75) is 64.5 Å². The lowest BCUT2D eigenvalue weighted by Crippen LogP contribution is -2.46. The maximum Gasteiger partial charge on any atom is 0.0710 e. The molecule has 0 saturated carbocycles. The zero-order chi connectivity index (χ0) is 11.6. The summed E-state index contributed by atoms with van der Waals surface area (Å²) >= 11 is 0. The molecule has 1 spiro atoms. The van der Waals surface area contributed by atoms with E-state index in [-0.39, 0.29) is 5.60 Å². The van der Waals surface area contributed by atoms with Gasteiger partial charge in [0.15, 0.2) is 0 Å². The van der Waals surface area contributed by atoms with Crippen molar-refractivity contribution in [1.29, 1.82) is 0 Å². The molecule has 0 amide bonds. The highest BCUT2D eigenvalue weighted by Crippen LogP contribution is 2.40. The Morgan fingerprint density at radius 3 is 2.56 bits per heavy atom. The fraction of sp³-hybridized carbons (Fsp3) is 1.00. The summed E-state index contributed by atoms with van der Waals surface area (Å²) in [6, 6.07) is 0.699. The van der Waals surface area contributed by atoms with Gasteiger partial charge in [-0.15, -0.1) is 0 Å². The van der Waals surface area contributed by atoms with Crippen LogP contribution in [-0.4, -0.2) is 36.2 Å². The molecular weight excluding hydrogens is 198 g/mol. The molecule has 2 aliphatic rings. The van der Waals surface area contributed by atoms with Crippen LogP contribution in [0.15, 0.2) is 0 Å². The van der Waals surface area contributed by atoms with Crippen molar-refractivity contribution in [2.75, 3.05) is 19.7 Å². The minimum absolute atomic E-state index is 0.269. The Balaban J connectivity index is 1.84. The van der Waals surface area contributed by atoms with E-state index in [2.05, 4.69) is 25.7 Å². The number of nitrogens with zero attached hydrogens (tertiary/aromatic N) is 1. The molecule has 2 rings (SSSR count). The van der Waals surface area contributed by atoms with Crippen LogP contribution in [0.25, 0.3) is 0 Å². The molecular formula is C14H27NO. The highest BCUT2D eigenvalue weighted by atomic mass is 16.5. The van der Waals surface area contributed by atoms with Crippen molar-refractivity contribution in [1.82, 2.24) is 4.90 Å². The first-order valence-electron chi connectivity index (χ1n) is 7.03. The molecule has 2 saturated heterocycles. The summed E-state index contributed by atoms with van der Waals surface area (Å²) in [4.78, 5) is 2.59. The van der Waals surface area contributed by atoms with Crippen molar-refractivity contribution in [3.05, 3.63) is 0 Å². The summed E-state index contributed by atoms with van der Waals surface area (Å²) in [5.41, 5.74) is 0.269. The molecule has 0 aromatic heterocycles. The quantitative estimate of drug-likeness (QED) is 0.732. The molecule has 0 aromatic carbocycles. The van der Waals surface area contributed by atoms with E-state index < -0.39 is 0 Å². The Bertz CT molecular complexity index is 219. The molecule has 1 unspecified atom stereocenters. The lowest BCUT2D eigenvalue weighted by Gasteiger charge is -2.40. The molecule has 0 radical (unpaired) electrons. The van der Waals surface area contributed by atoms with Crippen LogP contribution in [0.2, 0.25) is 0 Å². The molecule has 2 fully saturated rings. The van der Waals surface area contributed by atoms with Gasteiger partial charge in [0.2, 0.25) is 0 Å². The second-order valence-corrected chi connectivity index (χ2v) is 5.98. The van der Waals surface area contributed by atoms with Gasteiger partial charge in [0, 0.05) is 19.1 Å². The third kappa shape index (κ3) is 2.60. The lowest BCUT2D eigenvalue weighted by molar-refractivity contribution is -0.0485. The van der Waals surface area contributed by atoms with Crippen molar-refractivity contribution in [3.8, 4) is 0 Å². The number of hydrogen-bond acceptors (Lipinski definition) is 2. The molecule has 2 aliphatic heterocycles. The minimum atomic E-state index is 0.269. The smallest absolute Gasteiger partial charge is 0.0710 e. The van der Waals surface area contributed by atoms with E-state index in [0.29, 0.717) is 6.04 Å². The van der Waals surface area contributed by atoms with Crippen molar-refractivity contribution in [2.24, 2.45) is 5.92 Å². The van der Waals surface area contributed by atoms with E-state index in [0.717, 1.165) is 12.5 Å². The highest BCUT2D eigenvalue weighted by Gasteiger charge is 2.42. The van der Waals surface area contributed by atoms with Crippen LogP contribution < -0.4 is 0 Å². The Kier molecular flexibility index (Phi) is 3.91. The molecule has 0 aromatic rings. The average Bonchev–Trinajstić information content (AvgIpc) is 2.63. The number of likely N-dealkylation sites (tertiary alicyclic amines) is 1. The molecule has 16 heavy (non-hydrogen) atoms. The summed E-state index contributed by atoms with van der Waals surface area (Å²) in [7, 11) is 0. The lowest BCUT2D eigenvalue weighted by atomic mass is 9.84. The largest absolute Gasteiger partial charge is 0.375 e. The molecule has 1 atom stereocenters. The predicted molar refractivity (Wildman–Crippen MR) is 67.6 cm³/mol. The summed E-state index contributed by atoms with van der Waals surface area (Å²) in [6.07, 6.45) is 6.50. The van der Waals surface area contributed by atoms with Crippen molar-refractivity contribution >= 4 is 0 Å². The summed E-state index contributed by atoms with van der Waals surface area (Å²) in [5.74, 6) is 0.843. The van der Waals surface area contributed by atoms with Gasteiger partial charge >= 0.3 is 0 Å². The van der Waals surface area contributed by atoms with Gasteiger partial charge in [0.25, 0.3) is 0 Å². The van der Waals surface area contributed by atoms with Crippen LogP contribution >= 0.6 is 0 Å². The van der Waals surface area contributed by atoms with Gasteiger partial charge in [-0.05, 0) is 45.4 Å². The second-order valence-electron chi connectivity index (χ2n) is 5.98. The second kappa shape index (κ2) is 5.05. The topological polar surface area (TPSA) is 12.5 Å². The zero-order valence-electron chi connectivity index (χ0n) is 11.2. The Morgan fingerprint density at radius 1 is 1.31 bits per heavy atom. The van der Waals surface area contributed by atoms with Crippen LogP contribution in [0.5, 0.6) is 0 Å². The highest BCUT2D eigenvalue weighted by molar-refractivity contribution is 4.94. The van der Waals surface area contributed by atoms with Crippen LogP contribution in [0.4, 0.5) is 0 Å². The van der Waals surface area contributed by atoms with Crippen LogP contribution in [0, 0.1) is 5.92 Å². The molecule has 2 heterocycles. The zero-order valence-corrected chi connectivity index (χ0v) is 11.2. The maximum absolute atomic E-state index is 6.15. The normalized spacial score (nSPS) is 30.4. The SMILES string of the molecule is CCCC1COC2(CCN(C(C)C)CC2)C1. The Hall–Kier alpha value is -0.0800. The molecule has 0 N–H and O–H groups in total. The third-order valence-electron chi connectivity index (χ3n) is 4.42. The van der Waals surface area contributed by atoms with Gasteiger partial charge in [-0.2, -0.15) is 0 Å². The van der Waals surface area contributed by atoms with Gasteiger partial charge in [-0.1, -0.05) is 13.3 Å². The van der Waals surface area contributed by atoms with Gasteiger partial charge in [0.1, 0.15) is 0 Å². The van der Waals surface area contributed by atoms with Gasteiger partial charge in [-0.3, -0.25) is 0 Å². The summed E-state index contributed by atoms with van der Waals surface area (Å²) in [6.45, 7) is 10.4. The molecule has 0 bridgehead atoms. The van der Waals surface area contributed by atoms with Gasteiger partial charge in [-0.25, -0.2) is 0 Å². The maximum atomic E-state index is 6.15. The van der Waals surface area contributed by atoms with E-state index in [4.69, 9.17) is 4.74 Å². The monoisotopic (exact) mass is 225 g/mol. The molecule has 94 valence electrons. The van der Waals surface area contributed by atoms with E-state index >= 15 is 0 Å². The van der Waals surface area contributed by atoms with Crippen LogP contribution in [0.3, 0.4) is 0 Å². The summed E-state index contributed by atoms with van der Waals surface area (Å²) in [5, 5.41) is 0. The van der Waals surface area contributed by atoms with Gasteiger partial charge in [0.05, 0.1) is 12.2 Å². The van der Waals surface area contributed by atoms with Crippen LogP contribution in [0.1, 0.15) is 52.9 Å². The molecule has 2 heteroatoms. The minimum Gasteiger partial charge on any atom is -0.375 e. The first kappa shape index (κ1) is 12.4.